The van der Waals surface area contributed by atoms with Crippen LogP contribution in [0.4, 0.5) is 0 Å². The molecule has 0 radical (unpaired) electrons. The first kappa shape index (κ1) is 16.1. The van der Waals surface area contributed by atoms with Gasteiger partial charge in [-0.1, -0.05) is 17.7 Å². The number of amides is 1. The molecule has 2 unspecified atom stereocenters. The molecule has 0 aliphatic heterocycles. The minimum Gasteiger partial charge on any atom is -0.394 e. The third-order valence-corrected chi connectivity index (χ3v) is 4.41. The molecule has 0 aliphatic carbocycles. The van der Waals surface area contributed by atoms with E-state index in [4.69, 9.17) is 16.7 Å². The van der Waals surface area contributed by atoms with Crippen LogP contribution in [0, 0.1) is 0 Å². The summed E-state index contributed by atoms with van der Waals surface area (Å²) in [6.45, 7) is 3.53. The first-order valence-electron chi connectivity index (χ1n) is 6.63. The van der Waals surface area contributed by atoms with Gasteiger partial charge in [-0.05, 0) is 32.0 Å². The van der Waals surface area contributed by atoms with Gasteiger partial charge in [-0.3, -0.25) is 9.78 Å². The van der Waals surface area contributed by atoms with Crippen LogP contribution in [0.25, 0.3) is 10.9 Å². The maximum atomic E-state index is 12.0. The first-order valence-corrected chi connectivity index (χ1v) is 7.89. The topological polar surface area (TPSA) is 62.2 Å². The molecule has 0 spiro atoms. The Bertz CT molecular complexity index is 651. The number of aliphatic hydroxyl groups excluding tert-OH is 1. The minimum atomic E-state index is -0.264. The van der Waals surface area contributed by atoms with Crippen molar-refractivity contribution < 1.29 is 9.90 Å². The molecule has 21 heavy (non-hydrogen) atoms. The van der Waals surface area contributed by atoms with Gasteiger partial charge in [-0.2, -0.15) is 0 Å². The Hall–Kier alpha value is -1.30. The fourth-order valence-electron chi connectivity index (χ4n) is 1.85. The lowest BCUT2D eigenvalue weighted by Crippen LogP contribution is -2.39. The second-order valence-electron chi connectivity index (χ2n) is 4.82. The molecule has 1 amide bonds. The van der Waals surface area contributed by atoms with Gasteiger partial charge in [0.05, 0.1) is 17.4 Å². The molecule has 4 nitrogen and oxygen atoms in total. The predicted molar refractivity (Wildman–Crippen MR) is 86.8 cm³/mol. The summed E-state index contributed by atoms with van der Waals surface area (Å²) in [5.74, 6) is -0.0968. The summed E-state index contributed by atoms with van der Waals surface area (Å²) in [6.07, 6.45) is 1.71. The number of rotatable bonds is 5. The molecule has 2 aromatic rings. The molecule has 1 aromatic carbocycles. The third-order valence-electron chi connectivity index (χ3n) is 3.00. The van der Waals surface area contributed by atoms with E-state index in [1.165, 1.54) is 11.8 Å². The second kappa shape index (κ2) is 7.11. The highest BCUT2D eigenvalue weighted by atomic mass is 35.5. The number of carbonyl (C=O) groups is 1. The number of aromatic nitrogens is 1. The number of hydrogen-bond acceptors (Lipinski definition) is 4. The Morgan fingerprint density at radius 2 is 2.19 bits per heavy atom. The summed E-state index contributed by atoms with van der Waals surface area (Å²) in [5, 5.41) is 13.1. The predicted octanol–water partition coefficient (Wildman–Crippen LogP) is 2.87. The van der Waals surface area contributed by atoms with Crippen molar-refractivity contribution in [3.8, 4) is 0 Å². The van der Waals surface area contributed by atoms with E-state index >= 15 is 0 Å². The summed E-state index contributed by atoms with van der Waals surface area (Å²) in [4.78, 5) is 17.3. The number of halogens is 1. The number of carbonyl (C=O) groups excluding carboxylic acids is 1. The molecular weight excluding hydrogens is 308 g/mol. The van der Waals surface area contributed by atoms with Crippen LogP contribution in [0.1, 0.15) is 13.8 Å². The molecule has 0 bridgehead atoms. The zero-order valence-corrected chi connectivity index (χ0v) is 13.4. The van der Waals surface area contributed by atoms with Crippen molar-refractivity contribution in [3.05, 3.63) is 35.5 Å². The number of nitrogens with one attached hydrogen (secondary N) is 1. The molecule has 2 atom stereocenters. The second-order valence-corrected chi connectivity index (χ2v) is 6.64. The van der Waals surface area contributed by atoms with Gasteiger partial charge in [0.15, 0.2) is 0 Å². The summed E-state index contributed by atoms with van der Waals surface area (Å²) >= 11 is 7.43. The van der Waals surface area contributed by atoms with Gasteiger partial charge >= 0.3 is 0 Å². The molecule has 112 valence electrons. The van der Waals surface area contributed by atoms with E-state index in [1.807, 2.05) is 25.1 Å². The number of hydrogen-bond donors (Lipinski definition) is 2. The van der Waals surface area contributed by atoms with Crippen LogP contribution in [0.15, 0.2) is 35.4 Å². The molecular formula is C15H17ClN2O2S. The fraction of sp³-hybridized carbons (Fsp3) is 0.333. The Morgan fingerprint density at radius 1 is 1.43 bits per heavy atom. The molecule has 0 fully saturated rings. The lowest BCUT2D eigenvalue weighted by Gasteiger charge is -2.16. The molecule has 2 rings (SSSR count). The maximum Gasteiger partial charge on any atom is 0.233 e. The van der Waals surface area contributed by atoms with E-state index in [1.54, 1.807) is 19.2 Å². The lowest BCUT2D eigenvalue weighted by atomic mass is 10.2. The smallest absolute Gasteiger partial charge is 0.233 e. The van der Waals surface area contributed by atoms with Crippen molar-refractivity contribution in [2.75, 3.05) is 6.61 Å². The van der Waals surface area contributed by atoms with Gasteiger partial charge in [0.1, 0.15) is 0 Å². The van der Waals surface area contributed by atoms with Gasteiger partial charge in [-0.15, -0.1) is 11.8 Å². The molecule has 1 aromatic heterocycles. The Kier molecular flexibility index (Phi) is 5.45. The fourth-order valence-corrected chi connectivity index (χ4v) is 3.01. The number of thioether (sulfide) groups is 1. The molecule has 0 aliphatic rings. The van der Waals surface area contributed by atoms with Crippen LogP contribution in [-0.2, 0) is 4.79 Å². The van der Waals surface area contributed by atoms with Gasteiger partial charge in [0, 0.05) is 27.5 Å². The van der Waals surface area contributed by atoms with Crippen LogP contribution >= 0.6 is 23.4 Å². The highest BCUT2D eigenvalue weighted by Crippen LogP contribution is 2.31. The van der Waals surface area contributed by atoms with Crippen molar-refractivity contribution in [1.29, 1.82) is 0 Å². The highest BCUT2D eigenvalue weighted by molar-refractivity contribution is 8.00. The van der Waals surface area contributed by atoms with Crippen LogP contribution in [0.5, 0.6) is 0 Å². The van der Waals surface area contributed by atoms with Gasteiger partial charge in [-0.25, -0.2) is 0 Å². The summed E-state index contributed by atoms with van der Waals surface area (Å²) in [7, 11) is 0. The van der Waals surface area contributed by atoms with Crippen LogP contribution in [0.3, 0.4) is 0 Å². The van der Waals surface area contributed by atoms with Crippen LogP contribution in [-0.4, -0.2) is 33.9 Å². The van der Waals surface area contributed by atoms with E-state index in [9.17, 15) is 4.79 Å². The van der Waals surface area contributed by atoms with E-state index in [2.05, 4.69) is 10.3 Å². The molecule has 1 heterocycles. The van der Waals surface area contributed by atoms with Crippen LogP contribution < -0.4 is 5.32 Å². The Balaban J connectivity index is 2.18. The monoisotopic (exact) mass is 324 g/mol. The van der Waals surface area contributed by atoms with Crippen molar-refractivity contribution in [2.45, 2.75) is 30.0 Å². The van der Waals surface area contributed by atoms with Crippen molar-refractivity contribution in [3.63, 3.8) is 0 Å². The average molecular weight is 325 g/mol. The molecule has 6 heteroatoms. The summed E-state index contributed by atoms with van der Waals surface area (Å²) in [5.41, 5.74) is 0.809. The van der Waals surface area contributed by atoms with Crippen LogP contribution in [0.2, 0.25) is 5.02 Å². The Labute approximate surface area is 132 Å². The number of pyridine rings is 1. The number of benzene rings is 1. The van der Waals surface area contributed by atoms with Gasteiger partial charge in [0.25, 0.3) is 0 Å². The van der Waals surface area contributed by atoms with Gasteiger partial charge < -0.3 is 10.4 Å². The summed E-state index contributed by atoms with van der Waals surface area (Å²) in [6, 6.07) is 7.18. The molecule has 0 saturated carbocycles. The molecule has 0 saturated heterocycles. The van der Waals surface area contributed by atoms with Crippen molar-refractivity contribution in [2.24, 2.45) is 0 Å². The van der Waals surface area contributed by atoms with E-state index in [0.29, 0.717) is 5.02 Å². The largest absolute Gasteiger partial charge is 0.394 e. The first-order chi connectivity index (χ1) is 10.0. The van der Waals surface area contributed by atoms with E-state index in [-0.39, 0.29) is 23.8 Å². The SMILES string of the molecule is CC(CO)NC(=O)C(C)Sc1ccnc2cc(Cl)ccc12. The van der Waals surface area contributed by atoms with E-state index < -0.39 is 0 Å². The quantitative estimate of drug-likeness (QED) is 0.830. The number of nitrogens with zero attached hydrogens (tertiary/aromatic N) is 1. The Morgan fingerprint density at radius 3 is 2.90 bits per heavy atom. The minimum absolute atomic E-state index is 0.0696. The summed E-state index contributed by atoms with van der Waals surface area (Å²) < 4.78 is 0. The highest BCUT2D eigenvalue weighted by Gasteiger charge is 2.17. The van der Waals surface area contributed by atoms with Gasteiger partial charge in [0.2, 0.25) is 5.91 Å². The van der Waals surface area contributed by atoms with Crippen molar-refractivity contribution >= 4 is 40.2 Å². The number of fused-ring (bicyclic) bond motifs is 1. The standard InChI is InChI=1S/C15H17ClN2O2S/c1-9(8-19)18-15(20)10(2)21-14-5-6-17-13-7-11(16)3-4-12(13)14/h3-7,9-10,19H,8H2,1-2H3,(H,18,20). The van der Waals surface area contributed by atoms with Crippen molar-refractivity contribution in [1.82, 2.24) is 10.3 Å². The normalized spacial score (nSPS) is 13.9. The van der Waals surface area contributed by atoms with E-state index in [0.717, 1.165) is 15.8 Å². The third kappa shape index (κ3) is 4.09. The zero-order valence-electron chi connectivity index (χ0n) is 11.8. The lowest BCUT2D eigenvalue weighted by molar-refractivity contribution is -0.121. The molecule has 2 N–H and O–H groups in total. The maximum absolute atomic E-state index is 12.0. The number of aliphatic hydroxyl groups is 1. The average Bonchev–Trinajstić information content (AvgIpc) is 2.46. The zero-order chi connectivity index (χ0) is 15.4.